The standard InChI is InChI=1S/C24H39N7O7/c1-12(2)19(23(37)38)31-21(35)17(11-14-6-8-15(33)9-7-14)30-20(34)16(5-4-10-28-24(26)27)29-22(36)18(25)13(3)32/h6-9,12-13,16-19,32-33H,4-5,10-11,25H2,1-3H3,(H,29,36)(H,30,34)(H,31,35)(H,37,38)(H4,26,27,28). The summed E-state index contributed by atoms with van der Waals surface area (Å²) in [5, 5.41) is 36.2. The Balaban J connectivity index is 3.19. The second-order valence-corrected chi connectivity index (χ2v) is 9.28. The molecule has 212 valence electrons. The number of hydrogen-bond acceptors (Lipinski definition) is 8. The highest BCUT2D eigenvalue weighted by atomic mass is 16.4. The molecule has 38 heavy (non-hydrogen) atoms. The Morgan fingerprint density at radius 3 is 1.97 bits per heavy atom. The average molecular weight is 538 g/mol. The maximum absolute atomic E-state index is 13.3. The molecule has 0 saturated carbocycles. The van der Waals surface area contributed by atoms with Crippen LogP contribution in [0.25, 0.3) is 0 Å². The monoisotopic (exact) mass is 537 g/mol. The van der Waals surface area contributed by atoms with Gasteiger partial charge in [0.15, 0.2) is 5.96 Å². The number of aliphatic hydroxyl groups is 1. The van der Waals surface area contributed by atoms with Crippen LogP contribution in [0.3, 0.4) is 0 Å². The van der Waals surface area contributed by atoms with Crippen LogP contribution in [-0.2, 0) is 25.6 Å². The van der Waals surface area contributed by atoms with Crippen molar-refractivity contribution in [2.75, 3.05) is 6.54 Å². The molecule has 0 aliphatic heterocycles. The largest absolute Gasteiger partial charge is 0.508 e. The number of carboxylic acid groups (broad SMARTS) is 1. The van der Waals surface area contributed by atoms with Gasteiger partial charge in [-0.1, -0.05) is 26.0 Å². The number of aliphatic carboxylic acids is 1. The maximum atomic E-state index is 13.3. The predicted octanol–water partition coefficient (Wildman–Crippen LogP) is -2.11. The Bertz CT molecular complexity index is 979. The maximum Gasteiger partial charge on any atom is 0.326 e. The number of phenols is 1. The van der Waals surface area contributed by atoms with Crippen molar-refractivity contribution in [3.05, 3.63) is 29.8 Å². The summed E-state index contributed by atoms with van der Waals surface area (Å²) >= 11 is 0. The van der Waals surface area contributed by atoms with Gasteiger partial charge in [-0.05, 0) is 43.4 Å². The zero-order chi connectivity index (χ0) is 29.0. The van der Waals surface area contributed by atoms with Crippen LogP contribution in [0.5, 0.6) is 5.75 Å². The predicted molar refractivity (Wildman–Crippen MR) is 140 cm³/mol. The molecule has 14 heteroatoms. The Labute approximate surface area is 221 Å². The molecule has 14 nitrogen and oxygen atoms in total. The van der Waals surface area contributed by atoms with E-state index >= 15 is 0 Å². The lowest BCUT2D eigenvalue weighted by molar-refractivity contribution is -0.143. The van der Waals surface area contributed by atoms with Crippen LogP contribution in [-0.4, -0.2) is 81.8 Å². The second-order valence-electron chi connectivity index (χ2n) is 9.28. The number of nitrogens with zero attached hydrogens (tertiary/aromatic N) is 1. The minimum Gasteiger partial charge on any atom is -0.508 e. The molecule has 1 rings (SSSR count). The van der Waals surface area contributed by atoms with Crippen molar-refractivity contribution in [1.29, 1.82) is 0 Å². The third kappa shape index (κ3) is 11.0. The molecule has 0 fully saturated rings. The molecule has 12 N–H and O–H groups in total. The molecule has 3 amide bonds. The molecule has 0 aliphatic carbocycles. The van der Waals surface area contributed by atoms with E-state index in [0.717, 1.165) is 0 Å². The number of benzene rings is 1. The highest BCUT2D eigenvalue weighted by Crippen LogP contribution is 2.13. The van der Waals surface area contributed by atoms with Crippen molar-refractivity contribution in [2.24, 2.45) is 28.1 Å². The van der Waals surface area contributed by atoms with Gasteiger partial charge in [0.2, 0.25) is 17.7 Å². The van der Waals surface area contributed by atoms with Crippen molar-refractivity contribution in [3.63, 3.8) is 0 Å². The Morgan fingerprint density at radius 1 is 0.921 bits per heavy atom. The van der Waals surface area contributed by atoms with E-state index in [9.17, 15) is 34.5 Å². The van der Waals surface area contributed by atoms with Gasteiger partial charge < -0.3 is 48.5 Å². The summed E-state index contributed by atoms with van der Waals surface area (Å²) in [5.41, 5.74) is 16.9. The van der Waals surface area contributed by atoms with E-state index in [1.165, 1.54) is 19.1 Å². The molecule has 0 aliphatic rings. The molecule has 1 aromatic rings. The lowest BCUT2D eigenvalue weighted by Gasteiger charge is -2.26. The molecule has 5 atom stereocenters. The Morgan fingerprint density at radius 2 is 1.47 bits per heavy atom. The first kappa shape index (κ1) is 32.1. The van der Waals surface area contributed by atoms with Crippen molar-refractivity contribution in [3.8, 4) is 5.75 Å². The van der Waals surface area contributed by atoms with Crippen LogP contribution in [0.15, 0.2) is 29.3 Å². The summed E-state index contributed by atoms with van der Waals surface area (Å²) in [7, 11) is 0. The summed E-state index contributed by atoms with van der Waals surface area (Å²) in [5.74, 6) is -4.09. The van der Waals surface area contributed by atoms with Crippen LogP contribution < -0.4 is 33.2 Å². The van der Waals surface area contributed by atoms with Gasteiger partial charge in [-0.2, -0.15) is 0 Å². The van der Waals surface area contributed by atoms with Crippen molar-refractivity contribution >= 4 is 29.7 Å². The van der Waals surface area contributed by atoms with Gasteiger partial charge in [0.25, 0.3) is 0 Å². The average Bonchev–Trinajstić information content (AvgIpc) is 2.83. The number of phenolic OH excluding ortho intramolecular Hbond substituents is 1. The highest BCUT2D eigenvalue weighted by molar-refractivity contribution is 5.94. The number of nitrogens with two attached hydrogens (primary N) is 3. The van der Waals surface area contributed by atoms with Crippen LogP contribution in [0, 0.1) is 5.92 Å². The van der Waals surface area contributed by atoms with E-state index in [2.05, 4.69) is 20.9 Å². The van der Waals surface area contributed by atoms with Gasteiger partial charge in [-0.25, -0.2) is 4.79 Å². The molecule has 0 heterocycles. The van der Waals surface area contributed by atoms with Crippen LogP contribution >= 0.6 is 0 Å². The van der Waals surface area contributed by atoms with E-state index < -0.39 is 59.9 Å². The lowest BCUT2D eigenvalue weighted by Crippen LogP contribution is -2.59. The minimum atomic E-state index is -1.30. The van der Waals surface area contributed by atoms with Gasteiger partial charge in [0.1, 0.15) is 29.9 Å². The smallest absolute Gasteiger partial charge is 0.326 e. The third-order valence-electron chi connectivity index (χ3n) is 5.64. The second kappa shape index (κ2) is 15.4. The number of nitrogens with one attached hydrogen (secondary N) is 3. The fourth-order valence-corrected chi connectivity index (χ4v) is 3.38. The molecule has 1 aromatic carbocycles. The summed E-state index contributed by atoms with van der Waals surface area (Å²) in [6, 6.07) is 1.01. The minimum absolute atomic E-state index is 0.00235. The van der Waals surface area contributed by atoms with Crippen LogP contribution in [0.4, 0.5) is 0 Å². The number of aromatic hydroxyl groups is 1. The number of guanidine groups is 1. The number of rotatable bonds is 15. The molecule has 0 bridgehead atoms. The summed E-state index contributed by atoms with van der Waals surface area (Å²) in [6.07, 6.45) is -0.872. The molecular formula is C24H39N7O7. The van der Waals surface area contributed by atoms with Crippen LogP contribution in [0.2, 0.25) is 0 Å². The number of aliphatic hydroxyl groups excluding tert-OH is 1. The molecule has 0 saturated heterocycles. The fraction of sp³-hybridized carbons (Fsp3) is 0.542. The quantitative estimate of drug-likeness (QED) is 0.0668. The van der Waals surface area contributed by atoms with E-state index in [1.807, 2.05) is 0 Å². The van der Waals surface area contributed by atoms with Crippen molar-refractivity contribution < 1.29 is 34.5 Å². The number of amides is 3. The first-order valence-electron chi connectivity index (χ1n) is 12.1. The number of carbonyl (C=O) groups is 4. The van der Waals surface area contributed by atoms with Gasteiger partial charge in [0.05, 0.1) is 6.10 Å². The third-order valence-corrected chi connectivity index (χ3v) is 5.64. The van der Waals surface area contributed by atoms with Gasteiger partial charge in [-0.15, -0.1) is 0 Å². The zero-order valence-corrected chi connectivity index (χ0v) is 21.8. The molecular weight excluding hydrogens is 498 g/mol. The fourth-order valence-electron chi connectivity index (χ4n) is 3.38. The Kier molecular flexibility index (Phi) is 13.0. The van der Waals surface area contributed by atoms with E-state index in [0.29, 0.717) is 5.56 Å². The number of carbonyl (C=O) groups excluding carboxylic acids is 3. The number of aliphatic imine (C=N–C) groups is 1. The first-order valence-corrected chi connectivity index (χ1v) is 12.1. The summed E-state index contributed by atoms with van der Waals surface area (Å²) < 4.78 is 0. The topological polar surface area (TPSA) is 255 Å². The van der Waals surface area contributed by atoms with E-state index in [1.54, 1.807) is 26.0 Å². The normalized spacial score (nSPS) is 14.9. The zero-order valence-electron chi connectivity index (χ0n) is 21.8. The Hall–Kier alpha value is -3.91. The first-order chi connectivity index (χ1) is 17.7. The van der Waals surface area contributed by atoms with E-state index in [4.69, 9.17) is 17.2 Å². The number of carboxylic acids is 1. The molecule has 0 aromatic heterocycles. The van der Waals surface area contributed by atoms with Crippen LogP contribution in [0.1, 0.15) is 39.2 Å². The van der Waals surface area contributed by atoms with Crippen molar-refractivity contribution in [2.45, 2.75) is 70.3 Å². The van der Waals surface area contributed by atoms with Gasteiger partial charge in [-0.3, -0.25) is 19.4 Å². The molecule has 0 radical (unpaired) electrons. The molecule has 5 unspecified atom stereocenters. The SMILES string of the molecule is CC(C)C(NC(=O)C(Cc1ccc(O)cc1)NC(=O)C(CCCN=C(N)N)NC(=O)C(N)C(C)O)C(=O)O. The van der Waals surface area contributed by atoms with E-state index in [-0.39, 0.29) is 37.5 Å². The van der Waals surface area contributed by atoms with Gasteiger partial charge >= 0.3 is 5.97 Å². The lowest BCUT2D eigenvalue weighted by atomic mass is 10.0. The summed E-state index contributed by atoms with van der Waals surface area (Å²) in [4.78, 5) is 54.3. The molecule has 0 spiro atoms. The number of hydrogen-bond donors (Lipinski definition) is 9. The highest BCUT2D eigenvalue weighted by Gasteiger charge is 2.32. The summed E-state index contributed by atoms with van der Waals surface area (Å²) in [6.45, 7) is 4.74. The van der Waals surface area contributed by atoms with Crippen molar-refractivity contribution in [1.82, 2.24) is 16.0 Å². The van der Waals surface area contributed by atoms with Gasteiger partial charge in [0, 0.05) is 13.0 Å².